The second kappa shape index (κ2) is 10.4. The summed E-state index contributed by atoms with van der Waals surface area (Å²) in [4.78, 5) is 35.2. The van der Waals surface area contributed by atoms with Crippen molar-refractivity contribution in [3.63, 3.8) is 0 Å². The first kappa shape index (κ1) is 23.7. The molecular formula is C31H19N3O5. The number of hydrogen-bond donors (Lipinski definition) is 0. The molecule has 0 aliphatic heterocycles. The minimum atomic E-state index is 0.274. The first-order valence-corrected chi connectivity index (χ1v) is 11.9. The molecule has 4 aromatic heterocycles. The van der Waals surface area contributed by atoms with Crippen LogP contribution in [0.2, 0.25) is 0 Å². The van der Waals surface area contributed by atoms with Crippen LogP contribution in [0.15, 0.2) is 95.7 Å². The summed E-state index contributed by atoms with van der Waals surface area (Å²) in [6.07, 6.45) is 7.15. The molecule has 0 aliphatic carbocycles. The Balaban J connectivity index is 1.33. The summed E-state index contributed by atoms with van der Waals surface area (Å²) in [5.74, 6) is 0.585. The van der Waals surface area contributed by atoms with E-state index < -0.39 is 0 Å². The SMILES string of the molecule is O=COc1ccnc(-c2cc(OC=O)cc(-c3cc(/C=C/c4ccc5c(c4)oc4ccccc45)ccn3)n2)c1. The van der Waals surface area contributed by atoms with Crippen LogP contribution in [0.5, 0.6) is 11.5 Å². The Morgan fingerprint density at radius 1 is 0.590 bits per heavy atom. The third-order valence-electron chi connectivity index (χ3n) is 6.08. The highest BCUT2D eigenvalue weighted by Crippen LogP contribution is 2.30. The van der Waals surface area contributed by atoms with Crippen LogP contribution in [-0.4, -0.2) is 27.9 Å². The van der Waals surface area contributed by atoms with Crippen LogP contribution >= 0.6 is 0 Å². The molecule has 6 aromatic rings. The van der Waals surface area contributed by atoms with Crippen molar-refractivity contribution in [1.29, 1.82) is 0 Å². The third-order valence-corrected chi connectivity index (χ3v) is 6.08. The summed E-state index contributed by atoms with van der Waals surface area (Å²) in [5, 5.41) is 2.17. The number of fused-ring (bicyclic) bond motifs is 3. The lowest BCUT2D eigenvalue weighted by Gasteiger charge is -2.08. The molecule has 0 unspecified atom stereocenters. The van der Waals surface area contributed by atoms with E-state index in [4.69, 9.17) is 13.9 Å². The second-order valence-electron chi connectivity index (χ2n) is 8.54. The average Bonchev–Trinajstić information content (AvgIpc) is 3.34. The van der Waals surface area contributed by atoms with E-state index in [1.54, 1.807) is 30.5 Å². The molecule has 0 saturated heterocycles. The zero-order valence-electron chi connectivity index (χ0n) is 20.4. The summed E-state index contributed by atoms with van der Waals surface area (Å²) >= 11 is 0. The maximum atomic E-state index is 11.1. The molecular weight excluding hydrogens is 494 g/mol. The Labute approximate surface area is 222 Å². The van der Waals surface area contributed by atoms with Crippen molar-refractivity contribution in [3.05, 3.63) is 102 Å². The number of carbonyl (C=O) groups excluding carboxylic acids is 2. The van der Waals surface area contributed by atoms with E-state index in [0.29, 0.717) is 41.5 Å². The quantitative estimate of drug-likeness (QED) is 0.217. The van der Waals surface area contributed by atoms with Gasteiger partial charge in [-0.15, -0.1) is 0 Å². The number of nitrogens with zero attached hydrogens (tertiary/aromatic N) is 3. The van der Waals surface area contributed by atoms with E-state index in [1.807, 2.05) is 54.6 Å². The first-order chi connectivity index (χ1) is 19.2. The van der Waals surface area contributed by atoms with Gasteiger partial charge in [-0.25, -0.2) is 4.98 Å². The van der Waals surface area contributed by atoms with Gasteiger partial charge in [0.1, 0.15) is 22.7 Å². The van der Waals surface area contributed by atoms with E-state index in [1.165, 1.54) is 6.20 Å². The summed E-state index contributed by atoms with van der Waals surface area (Å²) in [6, 6.07) is 24.2. The smallest absolute Gasteiger partial charge is 0.298 e. The lowest BCUT2D eigenvalue weighted by Crippen LogP contribution is -1.97. The zero-order chi connectivity index (χ0) is 26.6. The highest BCUT2D eigenvalue weighted by molar-refractivity contribution is 6.05. The van der Waals surface area contributed by atoms with Crippen molar-refractivity contribution in [3.8, 4) is 34.3 Å². The van der Waals surface area contributed by atoms with Gasteiger partial charge in [-0.1, -0.05) is 36.4 Å². The summed E-state index contributed by atoms with van der Waals surface area (Å²) < 4.78 is 16.0. The molecule has 0 atom stereocenters. The van der Waals surface area contributed by atoms with Gasteiger partial charge in [-0.2, -0.15) is 0 Å². The fraction of sp³-hybridized carbons (Fsp3) is 0. The molecule has 39 heavy (non-hydrogen) atoms. The molecule has 0 N–H and O–H groups in total. The summed E-state index contributed by atoms with van der Waals surface area (Å²) in [7, 11) is 0. The van der Waals surface area contributed by atoms with Crippen molar-refractivity contribution in [2.24, 2.45) is 0 Å². The van der Waals surface area contributed by atoms with Crippen LogP contribution in [0.1, 0.15) is 11.1 Å². The lowest BCUT2D eigenvalue weighted by atomic mass is 10.1. The van der Waals surface area contributed by atoms with E-state index in [-0.39, 0.29) is 5.75 Å². The molecule has 0 bridgehead atoms. The largest absolute Gasteiger partial charge is 0.456 e. The topological polar surface area (TPSA) is 104 Å². The van der Waals surface area contributed by atoms with Gasteiger partial charge in [0.15, 0.2) is 0 Å². The molecule has 0 amide bonds. The molecule has 0 aliphatic rings. The highest BCUT2D eigenvalue weighted by Gasteiger charge is 2.12. The monoisotopic (exact) mass is 513 g/mol. The maximum absolute atomic E-state index is 11.1. The van der Waals surface area contributed by atoms with Gasteiger partial charge >= 0.3 is 0 Å². The van der Waals surface area contributed by atoms with Gasteiger partial charge in [-0.3, -0.25) is 19.6 Å². The van der Waals surface area contributed by atoms with Crippen molar-refractivity contribution < 1.29 is 23.5 Å². The van der Waals surface area contributed by atoms with Gasteiger partial charge < -0.3 is 13.9 Å². The van der Waals surface area contributed by atoms with E-state index in [9.17, 15) is 9.59 Å². The van der Waals surface area contributed by atoms with Gasteiger partial charge in [0.2, 0.25) is 0 Å². The molecule has 0 saturated carbocycles. The summed E-state index contributed by atoms with van der Waals surface area (Å²) in [5.41, 5.74) is 5.48. The first-order valence-electron chi connectivity index (χ1n) is 11.9. The molecule has 8 nitrogen and oxygen atoms in total. The predicted octanol–water partition coefficient (Wildman–Crippen LogP) is 6.35. The number of furan rings is 1. The van der Waals surface area contributed by atoms with E-state index in [0.717, 1.165) is 33.1 Å². The minimum absolute atomic E-state index is 0.274. The number of ether oxygens (including phenoxy) is 2. The normalized spacial score (nSPS) is 11.2. The lowest BCUT2D eigenvalue weighted by molar-refractivity contribution is -0.121. The van der Waals surface area contributed by atoms with Crippen LogP contribution in [-0.2, 0) is 9.59 Å². The van der Waals surface area contributed by atoms with Crippen LogP contribution in [0.3, 0.4) is 0 Å². The number of aromatic nitrogens is 3. The van der Waals surface area contributed by atoms with Crippen LogP contribution in [0.4, 0.5) is 0 Å². The Kier molecular flexibility index (Phi) is 6.33. The zero-order valence-corrected chi connectivity index (χ0v) is 20.4. The predicted molar refractivity (Wildman–Crippen MR) is 147 cm³/mol. The van der Waals surface area contributed by atoms with Crippen molar-refractivity contribution in [1.82, 2.24) is 15.0 Å². The maximum Gasteiger partial charge on any atom is 0.298 e. The van der Waals surface area contributed by atoms with E-state index in [2.05, 4.69) is 27.1 Å². The number of hydrogen-bond acceptors (Lipinski definition) is 8. The summed E-state index contributed by atoms with van der Waals surface area (Å²) in [6.45, 7) is 0.676. The molecule has 2 aromatic carbocycles. The molecule has 0 spiro atoms. The van der Waals surface area contributed by atoms with Crippen molar-refractivity contribution in [2.75, 3.05) is 0 Å². The molecule has 6 rings (SSSR count). The minimum Gasteiger partial charge on any atom is -0.456 e. The van der Waals surface area contributed by atoms with Crippen molar-refractivity contribution >= 4 is 47.0 Å². The van der Waals surface area contributed by atoms with Crippen molar-refractivity contribution in [2.45, 2.75) is 0 Å². The molecule has 188 valence electrons. The fourth-order valence-electron chi connectivity index (χ4n) is 4.30. The number of benzene rings is 2. The molecule has 0 fully saturated rings. The average molecular weight is 514 g/mol. The number of para-hydroxylation sites is 1. The Hall–Kier alpha value is -5.63. The Morgan fingerprint density at radius 3 is 2.03 bits per heavy atom. The number of carbonyl (C=O) groups is 2. The van der Waals surface area contributed by atoms with Crippen LogP contribution in [0, 0.1) is 0 Å². The van der Waals surface area contributed by atoms with Gasteiger partial charge in [0.05, 0.1) is 22.8 Å². The Morgan fingerprint density at radius 2 is 1.23 bits per heavy atom. The standard InChI is InChI=1S/C31H19N3O5/c35-18-37-22-10-12-33-27(15-22)29-17-23(38-19-36)16-28(34-29)26-13-21(9-11-32-26)6-5-20-7-8-25-24-3-1-2-4-30(24)39-31(25)14-20/h1-19H/b6-5+. The fourth-order valence-corrected chi connectivity index (χ4v) is 4.30. The third kappa shape index (κ3) is 4.99. The van der Waals surface area contributed by atoms with Gasteiger partial charge in [-0.05, 0) is 47.5 Å². The number of pyridine rings is 3. The molecule has 4 heterocycles. The number of rotatable bonds is 8. The van der Waals surface area contributed by atoms with E-state index >= 15 is 0 Å². The van der Waals surface area contributed by atoms with Crippen LogP contribution in [0.25, 0.3) is 56.9 Å². The molecule has 8 heteroatoms. The van der Waals surface area contributed by atoms with Gasteiger partial charge in [0.25, 0.3) is 12.9 Å². The second-order valence-corrected chi connectivity index (χ2v) is 8.54. The van der Waals surface area contributed by atoms with Gasteiger partial charge in [0, 0.05) is 41.4 Å². The highest BCUT2D eigenvalue weighted by atomic mass is 16.5. The van der Waals surface area contributed by atoms with Crippen LogP contribution < -0.4 is 9.47 Å². The Bertz CT molecular complexity index is 1880. The molecule has 0 radical (unpaired) electrons.